The van der Waals surface area contributed by atoms with Gasteiger partial charge in [-0.3, -0.25) is 4.79 Å². The van der Waals surface area contributed by atoms with E-state index in [1.165, 1.54) is 15.9 Å². The van der Waals surface area contributed by atoms with E-state index in [-0.39, 0.29) is 11.7 Å². The highest BCUT2D eigenvalue weighted by Crippen LogP contribution is 2.19. The Balaban J connectivity index is 1.47. The number of amides is 1. The summed E-state index contributed by atoms with van der Waals surface area (Å²) < 4.78 is 18.9. The highest BCUT2D eigenvalue weighted by atomic mass is 32.2. The third kappa shape index (κ3) is 5.70. The summed E-state index contributed by atoms with van der Waals surface area (Å²) in [5, 5.41) is 3.00. The minimum Gasteiger partial charge on any atom is -0.496 e. The van der Waals surface area contributed by atoms with Crippen molar-refractivity contribution in [3.05, 3.63) is 53.8 Å². The van der Waals surface area contributed by atoms with Crippen molar-refractivity contribution in [1.82, 2.24) is 0 Å². The molecule has 3 rings (SSSR count). The van der Waals surface area contributed by atoms with Gasteiger partial charge in [-0.25, -0.2) is 4.39 Å². The molecule has 0 saturated carbocycles. The number of quaternary nitrogens is 2. The van der Waals surface area contributed by atoms with Crippen LogP contribution in [0.3, 0.4) is 0 Å². The lowest BCUT2D eigenvalue weighted by Crippen LogP contribution is -3.28. The molecule has 150 valence electrons. The summed E-state index contributed by atoms with van der Waals surface area (Å²) in [6, 6.07) is 12.6. The Bertz CT molecular complexity index is 810. The molecule has 1 aliphatic heterocycles. The summed E-state index contributed by atoms with van der Waals surface area (Å²) in [6.07, 6.45) is 2.02. The standard InChI is InChI=1S/C21H26FN3O2S/c1-27-20-7-6-17(22)12-16(20)14-24-8-10-25(11-9-24)15-21(26)23-18-4-3-5-19(13-18)28-2/h3-7,12-13H,8-11,14-15H2,1-2H3,(H,23,26)/p+2. The van der Waals surface area contributed by atoms with Gasteiger partial charge >= 0.3 is 0 Å². The number of carbonyl (C=O) groups is 1. The molecular formula is C21H28FN3O2S+2. The monoisotopic (exact) mass is 405 g/mol. The smallest absolute Gasteiger partial charge is 0.279 e. The number of rotatable bonds is 7. The number of benzene rings is 2. The first-order valence-electron chi connectivity index (χ1n) is 9.51. The fourth-order valence-corrected chi connectivity index (χ4v) is 4.06. The van der Waals surface area contributed by atoms with Crippen molar-refractivity contribution in [3.8, 4) is 5.75 Å². The molecule has 5 nitrogen and oxygen atoms in total. The van der Waals surface area contributed by atoms with Gasteiger partial charge in [0, 0.05) is 10.6 Å². The Morgan fingerprint density at radius 1 is 1.14 bits per heavy atom. The van der Waals surface area contributed by atoms with Crippen LogP contribution in [0.2, 0.25) is 0 Å². The molecule has 0 spiro atoms. The van der Waals surface area contributed by atoms with E-state index in [9.17, 15) is 9.18 Å². The molecule has 0 unspecified atom stereocenters. The summed E-state index contributed by atoms with van der Waals surface area (Å²) in [5.74, 6) is 0.542. The quantitative estimate of drug-likeness (QED) is 0.588. The number of carbonyl (C=O) groups excluding carboxylic acids is 1. The fourth-order valence-electron chi connectivity index (χ4n) is 3.60. The van der Waals surface area contributed by atoms with E-state index in [1.54, 1.807) is 31.0 Å². The number of halogens is 1. The van der Waals surface area contributed by atoms with E-state index < -0.39 is 0 Å². The van der Waals surface area contributed by atoms with Gasteiger partial charge in [0.15, 0.2) is 6.54 Å². The van der Waals surface area contributed by atoms with Crippen molar-refractivity contribution >= 4 is 23.4 Å². The number of ether oxygens (including phenoxy) is 1. The number of hydrogen-bond donors (Lipinski definition) is 3. The first-order chi connectivity index (χ1) is 13.6. The first-order valence-corrected chi connectivity index (χ1v) is 10.7. The van der Waals surface area contributed by atoms with Crippen LogP contribution in [-0.2, 0) is 11.3 Å². The molecule has 1 fully saturated rings. The van der Waals surface area contributed by atoms with Crippen LogP contribution in [0.15, 0.2) is 47.4 Å². The van der Waals surface area contributed by atoms with Crippen molar-refractivity contribution in [2.24, 2.45) is 0 Å². The van der Waals surface area contributed by atoms with E-state index in [0.29, 0.717) is 6.54 Å². The van der Waals surface area contributed by atoms with E-state index in [2.05, 4.69) is 5.32 Å². The Morgan fingerprint density at radius 2 is 1.89 bits per heavy atom. The molecule has 2 aromatic rings. The lowest BCUT2D eigenvalue weighted by molar-refractivity contribution is -1.02. The van der Waals surface area contributed by atoms with Crippen molar-refractivity contribution in [3.63, 3.8) is 0 Å². The topological polar surface area (TPSA) is 47.2 Å². The minimum absolute atomic E-state index is 0.0449. The second-order valence-corrected chi connectivity index (χ2v) is 7.97. The van der Waals surface area contributed by atoms with E-state index in [0.717, 1.165) is 54.6 Å². The van der Waals surface area contributed by atoms with Crippen molar-refractivity contribution in [2.75, 3.05) is 51.4 Å². The van der Waals surface area contributed by atoms with E-state index in [1.807, 2.05) is 30.5 Å². The van der Waals surface area contributed by atoms with Crippen LogP contribution < -0.4 is 19.9 Å². The average molecular weight is 406 g/mol. The molecule has 28 heavy (non-hydrogen) atoms. The third-order valence-corrected chi connectivity index (χ3v) is 5.84. The van der Waals surface area contributed by atoms with Crippen LogP contribution in [0.1, 0.15) is 5.56 Å². The number of nitrogens with one attached hydrogen (secondary N) is 3. The second-order valence-electron chi connectivity index (χ2n) is 7.09. The molecule has 1 heterocycles. The molecule has 0 radical (unpaired) electrons. The summed E-state index contributed by atoms with van der Waals surface area (Å²) in [5.41, 5.74) is 1.74. The van der Waals surface area contributed by atoms with Crippen LogP contribution in [0, 0.1) is 5.82 Å². The number of piperazine rings is 1. The lowest BCUT2D eigenvalue weighted by Gasteiger charge is -2.29. The summed E-state index contributed by atoms with van der Waals surface area (Å²) in [7, 11) is 1.61. The molecule has 1 amide bonds. The maximum atomic E-state index is 13.6. The fraction of sp³-hybridized carbons (Fsp3) is 0.381. The van der Waals surface area contributed by atoms with Crippen LogP contribution in [0.5, 0.6) is 5.75 Å². The van der Waals surface area contributed by atoms with E-state index in [4.69, 9.17) is 4.74 Å². The third-order valence-electron chi connectivity index (χ3n) is 5.11. The van der Waals surface area contributed by atoms with Gasteiger partial charge in [-0.15, -0.1) is 11.8 Å². The first kappa shape index (κ1) is 20.6. The SMILES string of the molecule is COc1ccc(F)cc1C[NH+]1CC[NH+](CC(=O)Nc2cccc(SC)c2)CC1. The number of methoxy groups -OCH3 is 1. The molecule has 3 N–H and O–H groups in total. The van der Waals surface area contributed by atoms with Crippen LogP contribution >= 0.6 is 11.8 Å². The number of thioether (sulfide) groups is 1. The van der Waals surface area contributed by atoms with Gasteiger partial charge in [0.2, 0.25) is 0 Å². The lowest BCUT2D eigenvalue weighted by atomic mass is 10.1. The van der Waals surface area contributed by atoms with Gasteiger partial charge in [-0.1, -0.05) is 6.07 Å². The summed E-state index contributed by atoms with van der Waals surface area (Å²) in [6.45, 7) is 4.95. The molecule has 0 bridgehead atoms. The van der Waals surface area contributed by atoms with Gasteiger partial charge < -0.3 is 19.9 Å². The van der Waals surface area contributed by atoms with Gasteiger partial charge in [-0.2, -0.15) is 0 Å². The highest BCUT2D eigenvalue weighted by molar-refractivity contribution is 7.98. The molecule has 1 saturated heterocycles. The maximum Gasteiger partial charge on any atom is 0.279 e. The zero-order chi connectivity index (χ0) is 19.9. The molecule has 1 aliphatic rings. The van der Waals surface area contributed by atoms with Crippen molar-refractivity contribution in [1.29, 1.82) is 0 Å². The summed E-state index contributed by atoms with van der Waals surface area (Å²) >= 11 is 1.66. The van der Waals surface area contributed by atoms with Crippen LogP contribution in [0.4, 0.5) is 10.1 Å². The van der Waals surface area contributed by atoms with E-state index >= 15 is 0 Å². The molecule has 7 heteroatoms. The summed E-state index contributed by atoms with van der Waals surface area (Å²) in [4.78, 5) is 16.2. The molecule has 0 aliphatic carbocycles. The Labute approximate surface area is 169 Å². The average Bonchev–Trinajstić information content (AvgIpc) is 2.70. The predicted octanol–water partition coefficient (Wildman–Crippen LogP) is 0.478. The zero-order valence-electron chi connectivity index (χ0n) is 16.4. The van der Waals surface area contributed by atoms with Crippen molar-refractivity contribution < 1.29 is 23.7 Å². The van der Waals surface area contributed by atoms with Gasteiger partial charge in [0.25, 0.3) is 5.91 Å². The highest BCUT2D eigenvalue weighted by Gasteiger charge is 2.25. The van der Waals surface area contributed by atoms with Crippen LogP contribution in [-0.4, -0.2) is 52.0 Å². The molecule has 2 aromatic carbocycles. The largest absolute Gasteiger partial charge is 0.496 e. The zero-order valence-corrected chi connectivity index (χ0v) is 17.2. The van der Waals surface area contributed by atoms with Crippen LogP contribution in [0.25, 0.3) is 0 Å². The molecule has 0 atom stereocenters. The normalized spacial score (nSPS) is 19.2. The van der Waals surface area contributed by atoms with Gasteiger partial charge in [0.05, 0.1) is 12.7 Å². The number of hydrogen-bond acceptors (Lipinski definition) is 3. The second kappa shape index (κ2) is 9.91. The Kier molecular flexibility index (Phi) is 7.30. The van der Waals surface area contributed by atoms with Crippen molar-refractivity contribution in [2.45, 2.75) is 11.4 Å². The van der Waals surface area contributed by atoms with Gasteiger partial charge in [0.1, 0.15) is 44.3 Å². The Hall–Kier alpha value is -2.09. The Morgan fingerprint density at radius 3 is 2.61 bits per heavy atom. The minimum atomic E-state index is -0.235. The predicted molar refractivity (Wildman–Crippen MR) is 110 cm³/mol. The molecule has 0 aromatic heterocycles. The maximum absolute atomic E-state index is 13.6. The van der Waals surface area contributed by atoms with Gasteiger partial charge in [-0.05, 0) is 42.7 Å². The molecular weight excluding hydrogens is 377 g/mol. The number of anilines is 1.